The number of carbonyl (C=O) groups excluding carboxylic acids is 1. The number of hydrogen-bond donors (Lipinski definition) is 3. The average molecular weight is 258 g/mol. The largest absolute Gasteiger partial charge is 0.481 e. The van der Waals surface area contributed by atoms with Gasteiger partial charge in [-0.1, -0.05) is 19.8 Å². The highest BCUT2D eigenvalue weighted by Crippen LogP contribution is 2.16. The first-order valence-electron chi connectivity index (χ1n) is 6.78. The van der Waals surface area contributed by atoms with Crippen LogP contribution in [0.1, 0.15) is 51.9 Å². The van der Waals surface area contributed by atoms with Crippen molar-refractivity contribution in [3.8, 4) is 0 Å². The second kappa shape index (κ2) is 11.0. The molecule has 0 aliphatic heterocycles. The van der Waals surface area contributed by atoms with E-state index in [1.54, 1.807) is 0 Å². The molecule has 0 aliphatic rings. The van der Waals surface area contributed by atoms with Crippen molar-refractivity contribution in [1.29, 1.82) is 0 Å². The molecule has 0 rings (SSSR count). The molecule has 0 aliphatic carbocycles. The molecule has 1 atom stereocenters. The Bertz CT molecular complexity index is 238. The molecule has 106 valence electrons. The lowest BCUT2D eigenvalue weighted by Crippen LogP contribution is -2.25. The first-order chi connectivity index (χ1) is 8.60. The Morgan fingerprint density at radius 1 is 1.22 bits per heavy atom. The summed E-state index contributed by atoms with van der Waals surface area (Å²) >= 11 is 0. The van der Waals surface area contributed by atoms with Crippen LogP contribution in [0.4, 0.5) is 0 Å². The van der Waals surface area contributed by atoms with E-state index in [0.29, 0.717) is 31.8 Å². The van der Waals surface area contributed by atoms with Crippen molar-refractivity contribution in [1.82, 2.24) is 5.32 Å². The van der Waals surface area contributed by atoms with E-state index in [0.717, 1.165) is 25.7 Å². The van der Waals surface area contributed by atoms with Crippen molar-refractivity contribution >= 4 is 11.9 Å². The van der Waals surface area contributed by atoms with Gasteiger partial charge in [0.2, 0.25) is 5.91 Å². The van der Waals surface area contributed by atoms with Crippen molar-refractivity contribution in [2.45, 2.75) is 51.9 Å². The van der Waals surface area contributed by atoms with Crippen molar-refractivity contribution in [3.05, 3.63) is 0 Å². The van der Waals surface area contributed by atoms with Gasteiger partial charge in [-0.3, -0.25) is 9.59 Å². The zero-order valence-corrected chi connectivity index (χ0v) is 11.3. The first-order valence-corrected chi connectivity index (χ1v) is 6.78. The van der Waals surface area contributed by atoms with E-state index in [1.807, 2.05) is 0 Å². The van der Waals surface area contributed by atoms with Crippen LogP contribution in [0.2, 0.25) is 0 Å². The van der Waals surface area contributed by atoms with Gasteiger partial charge in [0, 0.05) is 19.4 Å². The highest BCUT2D eigenvalue weighted by Gasteiger charge is 2.09. The molecule has 0 heterocycles. The highest BCUT2D eigenvalue weighted by molar-refractivity contribution is 5.75. The van der Waals surface area contributed by atoms with Crippen LogP contribution in [0.25, 0.3) is 0 Å². The molecule has 4 N–H and O–H groups in total. The predicted molar refractivity (Wildman–Crippen MR) is 71.2 cm³/mol. The summed E-state index contributed by atoms with van der Waals surface area (Å²) in [5.41, 5.74) is 5.54. The maximum atomic E-state index is 11.5. The lowest BCUT2D eigenvalue weighted by molar-refractivity contribution is -0.137. The highest BCUT2D eigenvalue weighted by atomic mass is 16.4. The fraction of sp³-hybridized carbons (Fsp3) is 0.846. The second-order valence-electron chi connectivity index (χ2n) is 4.62. The smallest absolute Gasteiger partial charge is 0.303 e. The van der Waals surface area contributed by atoms with Crippen LogP contribution in [0.3, 0.4) is 0 Å². The monoisotopic (exact) mass is 258 g/mol. The topological polar surface area (TPSA) is 92.4 Å². The number of carbonyl (C=O) groups is 2. The molecule has 5 heteroatoms. The van der Waals surface area contributed by atoms with Crippen LogP contribution in [0.15, 0.2) is 0 Å². The zero-order chi connectivity index (χ0) is 13.8. The van der Waals surface area contributed by atoms with Crippen molar-refractivity contribution < 1.29 is 14.7 Å². The standard InChI is InChI=1S/C13H26N2O3/c1-2-4-11(8-9-14)6-7-12(16)15-10-3-5-13(17)18/h11H,2-10,14H2,1H3,(H,15,16)(H,17,18). The van der Waals surface area contributed by atoms with E-state index < -0.39 is 5.97 Å². The Balaban J connectivity index is 3.63. The van der Waals surface area contributed by atoms with Crippen LogP contribution in [-0.4, -0.2) is 30.1 Å². The number of aliphatic carboxylic acids is 1. The number of nitrogens with one attached hydrogen (secondary N) is 1. The van der Waals surface area contributed by atoms with E-state index in [2.05, 4.69) is 12.2 Å². The number of carboxylic acid groups (broad SMARTS) is 1. The third-order valence-electron chi connectivity index (χ3n) is 2.94. The third kappa shape index (κ3) is 10.1. The number of amides is 1. The van der Waals surface area contributed by atoms with Gasteiger partial charge < -0.3 is 16.2 Å². The van der Waals surface area contributed by atoms with E-state index >= 15 is 0 Å². The number of hydrogen-bond acceptors (Lipinski definition) is 3. The average Bonchev–Trinajstić information content (AvgIpc) is 2.32. The summed E-state index contributed by atoms with van der Waals surface area (Å²) in [5.74, 6) is -0.279. The fourth-order valence-corrected chi connectivity index (χ4v) is 1.97. The summed E-state index contributed by atoms with van der Waals surface area (Å²) in [5, 5.41) is 11.2. The molecule has 0 aromatic rings. The molecule has 0 radical (unpaired) electrons. The summed E-state index contributed by atoms with van der Waals surface area (Å²) in [7, 11) is 0. The molecular formula is C13H26N2O3. The van der Waals surface area contributed by atoms with Gasteiger partial charge in [0.05, 0.1) is 0 Å². The molecular weight excluding hydrogens is 232 g/mol. The van der Waals surface area contributed by atoms with Crippen LogP contribution in [0, 0.1) is 5.92 Å². The summed E-state index contributed by atoms with van der Waals surface area (Å²) in [6.45, 7) is 3.25. The molecule has 1 unspecified atom stereocenters. The van der Waals surface area contributed by atoms with Crippen LogP contribution in [0.5, 0.6) is 0 Å². The number of rotatable bonds is 11. The second-order valence-corrected chi connectivity index (χ2v) is 4.62. The third-order valence-corrected chi connectivity index (χ3v) is 2.94. The molecule has 0 aromatic carbocycles. The molecule has 0 bridgehead atoms. The minimum atomic E-state index is -0.824. The Hall–Kier alpha value is -1.10. The van der Waals surface area contributed by atoms with Gasteiger partial charge in [0.25, 0.3) is 0 Å². The lowest BCUT2D eigenvalue weighted by atomic mass is 9.94. The quantitative estimate of drug-likeness (QED) is 0.490. The summed E-state index contributed by atoms with van der Waals surface area (Å²) in [6, 6.07) is 0. The van der Waals surface area contributed by atoms with Crippen molar-refractivity contribution in [2.24, 2.45) is 11.7 Å². The molecule has 1 amide bonds. The SMILES string of the molecule is CCCC(CCN)CCC(=O)NCCCC(=O)O. The minimum absolute atomic E-state index is 0.0125. The van der Waals surface area contributed by atoms with Gasteiger partial charge >= 0.3 is 5.97 Å². The zero-order valence-electron chi connectivity index (χ0n) is 11.3. The van der Waals surface area contributed by atoms with Crippen molar-refractivity contribution in [2.75, 3.05) is 13.1 Å². The molecule has 0 spiro atoms. The fourth-order valence-electron chi connectivity index (χ4n) is 1.97. The van der Waals surface area contributed by atoms with E-state index in [4.69, 9.17) is 10.8 Å². The van der Waals surface area contributed by atoms with Crippen LogP contribution >= 0.6 is 0 Å². The van der Waals surface area contributed by atoms with Crippen molar-refractivity contribution in [3.63, 3.8) is 0 Å². The van der Waals surface area contributed by atoms with Gasteiger partial charge in [-0.25, -0.2) is 0 Å². The Kier molecular flexibility index (Phi) is 10.3. The normalized spacial score (nSPS) is 12.1. The van der Waals surface area contributed by atoms with E-state index in [1.165, 1.54) is 0 Å². The van der Waals surface area contributed by atoms with Gasteiger partial charge in [0.15, 0.2) is 0 Å². The Morgan fingerprint density at radius 2 is 1.94 bits per heavy atom. The maximum absolute atomic E-state index is 11.5. The molecule has 5 nitrogen and oxygen atoms in total. The number of nitrogens with two attached hydrogens (primary N) is 1. The Morgan fingerprint density at radius 3 is 2.50 bits per heavy atom. The predicted octanol–water partition coefficient (Wildman–Crippen LogP) is 1.51. The van der Waals surface area contributed by atoms with Gasteiger partial charge in [-0.05, 0) is 31.7 Å². The maximum Gasteiger partial charge on any atom is 0.303 e. The van der Waals surface area contributed by atoms with Gasteiger partial charge in [0.1, 0.15) is 0 Å². The Labute approximate surface area is 109 Å². The molecule has 0 saturated carbocycles. The van der Waals surface area contributed by atoms with E-state index in [9.17, 15) is 9.59 Å². The summed E-state index contributed by atoms with van der Waals surface area (Å²) in [6.07, 6.45) is 5.18. The minimum Gasteiger partial charge on any atom is -0.481 e. The van der Waals surface area contributed by atoms with E-state index in [-0.39, 0.29) is 12.3 Å². The van der Waals surface area contributed by atoms with Crippen LogP contribution in [-0.2, 0) is 9.59 Å². The first kappa shape index (κ1) is 16.9. The lowest BCUT2D eigenvalue weighted by Gasteiger charge is -2.14. The molecule has 18 heavy (non-hydrogen) atoms. The number of carboxylic acids is 1. The summed E-state index contributed by atoms with van der Waals surface area (Å²) in [4.78, 5) is 21.8. The molecule has 0 aromatic heterocycles. The molecule has 0 saturated heterocycles. The molecule has 0 fully saturated rings. The van der Waals surface area contributed by atoms with Crippen LogP contribution < -0.4 is 11.1 Å². The van der Waals surface area contributed by atoms with Gasteiger partial charge in [-0.15, -0.1) is 0 Å². The summed E-state index contributed by atoms with van der Waals surface area (Å²) < 4.78 is 0. The van der Waals surface area contributed by atoms with Gasteiger partial charge in [-0.2, -0.15) is 0 Å².